The molecule has 3 aromatic carbocycles. The molecule has 0 aliphatic rings. The second kappa shape index (κ2) is 10.4. The zero-order valence-corrected chi connectivity index (χ0v) is 21.5. The quantitative estimate of drug-likeness (QED) is 0.272. The minimum absolute atomic E-state index is 0.103. The maximum atomic E-state index is 9.49. The number of halogens is 3. The Hall–Kier alpha value is -2.44. The van der Waals surface area contributed by atoms with Crippen molar-refractivity contribution in [2.45, 2.75) is 19.3 Å². The zero-order chi connectivity index (χ0) is 24.4. The lowest BCUT2D eigenvalue weighted by molar-refractivity contribution is 0.200. The summed E-state index contributed by atoms with van der Waals surface area (Å²) in [6.45, 7) is 2.13. The number of aromatic nitrogens is 2. The number of benzene rings is 3. The molecule has 0 spiro atoms. The third-order valence-corrected chi connectivity index (χ3v) is 6.67. The highest BCUT2D eigenvalue weighted by atomic mass is 35.5. The van der Waals surface area contributed by atoms with E-state index in [0.29, 0.717) is 20.8 Å². The summed E-state index contributed by atoms with van der Waals surface area (Å²) in [6.07, 6.45) is 0.729. The molecule has 1 unspecified atom stereocenters. The Labute approximate surface area is 214 Å². The first-order chi connectivity index (χ1) is 16.4. The predicted molar refractivity (Wildman–Crippen MR) is 141 cm³/mol. The number of ether oxygens (including phenoxy) is 1. The number of aliphatic hydroxyl groups is 1. The lowest BCUT2D eigenvalue weighted by Crippen LogP contribution is -2.16. The molecule has 5 nitrogen and oxygen atoms in total. The van der Waals surface area contributed by atoms with Crippen LogP contribution in [-0.4, -0.2) is 42.6 Å². The minimum Gasteiger partial charge on any atom is -0.491 e. The first-order valence-electron chi connectivity index (χ1n) is 11.0. The predicted octanol–water partition coefficient (Wildman–Crippen LogP) is 6.70. The zero-order valence-electron chi connectivity index (χ0n) is 19.2. The summed E-state index contributed by atoms with van der Waals surface area (Å²) in [5.41, 5.74) is 3.55. The summed E-state index contributed by atoms with van der Waals surface area (Å²) >= 11 is 20.0. The number of nitrogens with one attached hydrogen (secondary N) is 1. The van der Waals surface area contributed by atoms with Gasteiger partial charge in [0.2, 0.25) is 0 Å². The van der Waals surface area contributed by atoms with Crippen molar-refractivity contribution in [3.63, 3.8) is 0 Å². The van der Waals surface area contributed by atoms with E-state index in [1.54, 1.807) is 12.1 Å². The van der Waals surface area contributed by atoms with Crippen LogP contribution >= 0.6 is 34.8 Å². The summed E-state index contributed by atoms with van der Waals surface area (Å²) in [6, 6.07) is 15.5. The molecule has 0 amide bonds. The summed E-state index contributed by atoms with van der Waals surface area (Å²) < 4.78 is 6.07. The number of nitrogens with zero attached hydrogens (tertiary/aromatic N) is 2. The van der Waals surface area contributed by atoms with E-state index < -0.39 is 5.92 Å². The molecule has 0 bridgehead atoms. The van der Waals surface area contributed by atoms with Crippen LogP contribution in [0.25, 0.3) is 10.8 Å². The van der Waals surface area contributed by atoms with Gasteiger partial charge in [0, 0.05) is 57.5 Å². The van der Waals surface area contributed by atoms with Crippen molar-refractivity contribution >= 4 is 51.4 Å². The maximum Gasteiger partial charge on any atom is 0.154 e. The van der Waals surface area contributed by atoms with Gasteiger partial charge in [-0.25, -0.2) is 0 Å². The Morgan fingerprint density at radius 2 is 1.71 bits per heavy atom. The molecule has 0 aliphatic carbocycles. The molecule has 0 fully saturated rings. The van der Waals surface area contributed by atoms with Crippen LogP contribution in [0, 0.1) is 0 Å². The van der Waals surface area contributed by atoms with Crippen molar-refractivity contribution in [1.82, 2.24) is 10.2 Å². The number of hydrogen-bond donors (Lipinski definition) is 2. The average molecular weight is 519 g/mol. The second-order valence-corrected chi connectivity index (χ2v) is 9.42. The Morgan fingerprint density at radius 3 is 2.35 bits per heavy atom. The Bertz CT molecular complexity index is 1300. The third kappa shape index (κ3) is 4.58. The molecule has 0 saturated heterocycles. The van der Waals surface area contributed by atoms with E-state index in [9.17, 15) is 5.11 Å². The highest BCUT2D eigenvalue weighted by Crippen LogP contribution is 2.49. The number of anilines is 1. The van der Waals surface area contributed by atoms with Crippen molar-refractivity contribution in [3.05, 3.63) is 86.0 Å². The van der Waals surface area contributed by atoms with E-state index in [2.05, 4.69) is 29.3 Å². The molecule has 0 aliphatic heterocycles. The van der Waals surface area contributed by atoms with Crippen LogP contribution < -0.4 is 9.64 Å². The molecule has 1 aromatic heterocycles. The Morgan fingerprint density at radius 1 is 1.00 bits per heavy atom. The fourth-order valence-electron chi connectivity index (χ4n) is 4.41. The molecular weight excluding hydrogens is 493 g/mol. The van der Waals surface area contributed by atoms with E-state index in [1.165, 1.54) is 0 Å². The largest absolute Gasteiger partial charge is 0.491 e. The number of H-pyrrole nitrogens is 1. The number of rotatable bonds is 8. The molecule has 1 atom stereocenters. The highest BCUT2D eigenvalue weighted by Gasteiger charge is 2.33. The van der Waals surface area contributed by atoms with Gasteiger partial charge in [0.15, 0.2) is 5.82 Å². The molecular formula is C26H26Cl3N3O2. The van der Waals surface area contributed by atoms with Gasteiger partial charge in [0.1, 0.15) is 12.4 Å². The normalized spacial score (nSPS) is 12.2. The van der Waals surface area contributed by atoms with Gasteiger partial charge in [0.05, 0.1) is 6.61 Å². The van der Waals surface area contributed by atoms with E-state index in [1.807, 2.05) is 43.3 Å². The maximum absolute atomic E-state index is 9.49. The smallest absolute Gasteiger partial charge is 0.154 e. The number of aromatic amines is 1. The van der Waals surface area contributed by atoms with Gasteiger partial charge >= 0.3 is 0 Å². The van der Waals surface area contributed by atoms with Gasteiger partial charge in [-0.05, 0) is 35.4 Å². The topological polar surface area (TPSA) is 61.4 Å². The van der Waals surface area contributed by atoms with Crippen LogP contribution in [0.5, 0.6) is 5.75 Å². The first kappa shape index (κ1) is 24.7. The molecule has 0 radical (unpaired) electrons. The first-order valence-corrected chi connectivity index (χ1v) is 12.1. The monoisotopic (exact) mass is 517 g/mol. The van der Waals surface area contributed by atoms with Crippen LogP contribution in [0.4, 0.5) is 5.82 Å². The SMILES string of the molecule is CCc1[nH]nc(N(C)C)c1C(c1c(Cl)cc(Cl)cc1Cl)c1c(OCCO)ccc2ccccc12. The number of hydrogen-bond acceptors (Lipinski definition) is 4. The molecule has 0 saturated carbocycles. The number of aryl methyl sites for hydroxylation is 1. The van der Waals surface area contributed by atoms with Gasteiger partial charge in [-0.2, -0.15) is 5.10 Å². The van der Waals surface area contributed by atoms with Crippen molar-refractivity contribution < 1.29 is 9.84 Å². The van der Waals surface area contributed by atoms with Crippen molar-refractivity contribution in [2.75, 3.05) is 32.2 Å². The molecule has 178 valence electrons. The lowest BCUT2D eigenvalue weighted by Gasteiger charge is -2.27. The van der Waals surface area contributed by atoms with E-state index in [4.69, 9.17) is 39.5 Å². The van der Waals surface area contributed by atoms with Crippen LogP contribution in [0.1, 0.15) is 35.2 Å². The fraction of sp³-hybridized carbons (Fsp3) is 0.269. The summed E-state index contributed by atoms with van der Waals surface area (Å²) in [7, 11) is 3.90. The van der Waals surface area contributed by atoms with E-state index >= 15 is 0 Å². The highest BCUT2D eigenvalue weighted by molar-refractivity contribution is 6.39. The van der Waals surface area contributed by atoms with Gasteiger partial charge < -0.3 is 14.7 Å². The summed E-state index contributed by atoms with van der Waals surface area (Å²) in [5.74, 6) is 1.01. The standard InChI is InChI=1S/C26H26Cl3N3O2/c1-4-20-24(26(31-30-20)32(2)3)25(23-18(28)13-16(27)14-19(23)29)22-17-8-6-5-7-15(17)9-10-21(22)34-12-11-33/h5-10,13-14,25,33H,4,11-12H2,1-3H3,(H,30,31). The van der Waals surface area contributed by atoms with Gasteiger partial charge in [-0.1, -0.05) is 72.1 Å². The van der Waals surface area contributed by atoms with Gasteiger partial charge in [-0.15, -0.1) is 0 Å². The molecule has 8 heteroatoms. The molecule has 4 rings (SSSR count). The summed E-state index contributed by atoms with van der Waals surface area (Å²) in [4.78, 5) is 1.97. The third-order valence-electron chi connectivity index (χ3n) is 5.83. The van der Waals surface area contributed by atoms with Crippen LogP contribution in [0.2, 0.25) is 15.1 Å². The van der Waals surface area contributed by atoms with Gasteiger partial charge in [0.25, 0.3) is 0 Å². The lowest BCUT2D eigenvalue weighted by atomic mass is 9.81. The number of aliphatic hydroxyl groups excluding tert-OH is 1. The van der Waals surface area contributed by atoms with E-state index in [-0.39, 0.29) is 13.2 Å². The molecule has 4 aromatic rings. The van der Waals surface area contributed by atoms with Crippen molar-refractivity contribution in [3.8, 4) is 5.75 Å². The Kier molecular flexibility index (Phi) is 7.58. The Balaban J connectivity index is 2.16. The molecule has 1 heterocycles. The van der Waals surface area contributed by atoms with Crippen LogP contribution in [0.15, 0.2) is 48.5 Å². The van der Waals surface area contributed by atoms with Crippen LogP contribution in [-0.2, 0) is 6.42 Å². The molecule has 34 heavy (non-hydrogen) atoms. The second-order valence-electron chi connectivity index (χ2n) is 8.17. The number of fused-ring (bicyclic) bond motifs is 1. The molecule has 2 N–H and O–H groups in total. The van der Waals surface area contributed by atoms with E-state index in [0.717, 1.165) is 45.4 Å². The van der Waals surface area contributed by atoms with Crippen LogP contribution in [0.3, 0.4) is 0 Å². The fourth-order valence-corrected chi connectivity index (χ4v) is 5.44. The van der Waals surface area contributed by atoms with Crippen molar-refractivity contribution in [2.24, 2.45) is 0 Å². The van der Waals surface area contributed by atoms with Gasteiger partial charge in [-0.3, -0.25) is 5.10 Å². The minimum atomic E-state index is -0.414. The van der Waals surface area contributed by atoms with Crippen molar-refractivity contribution in [1.29, 1.82) is 0 Å². The average Bonchev–Trinajstić information content (AvgIpc) is 3.24. The summed E-state index contributed by atoms with van der Waals surface area (Å²) in [5, 5.41) is 20.7.